The summed E-state index contributed by atoms with van der Waals surface area (Å²) in [4.78, 5) is 4.16. The van der Waals surface area contributed by atoms with Gasteiger partial charge in [-0.25, -0.2) is 4.98 Å². The third-order valence-corrected chi connectivity index (χ3v) is 3.64. The summed E-state index contributed by atoms with van der Waals surface area (Å²) < 4.78 is 13.6. The van der Waals surface area contributed by atoms with Gasteiger partial charge in [0.05, 0.1) is 6.20 Å². The number of rotatable bonds is 5. The summed E-state index contributed by atoms with van der Waals surface area (Å²) in [5.41, 5.74) is 1.05. The molecular formula is C21H16N2O2. The number of hydrogen-bond donors (Lipinski definition) is 0. The fourth-order valence-corrected chi connectivity index (χ4v) is 2.49. The van der Waals surface area contributed by atoms with Crippen molar-refractivity contribution < 1.29 is 14.0 Å². The molecule has 1 aliphatic heterocycles. The molecule has 3 aromatic rings. The molecule has 0 N–H and O–H groups in total. The first-order valence-electron chi connectivity index (χ1n) is 8.01. The fraction of sp³-hybridized carbons (Fsp3) is 0.0476. The highest BCUT2D eigenvalue weighted by Gasteiger charge is 2.13. The molecule has 0 amide bonds. The Morgan fingerprint density at radius 3 is 2.56 bits per heavy atom. The van der Waals surface area contributed by atoms with Gasteiger partial charge in [-0.05, 0) is 36.4 Å². The molecule has 0 radical (unpaired) electrons. The number of nitrogens with zero attached hydrogens (tertiary/aromatic N) is 2. The Morgan fingerprint density at radius 1 is 0.880 bits per heavy atom. The minimum absolute atomic E-state index is 0.245. The summed E-state index contributed by atoms with van der Waals surface area (Å²) >= 11 is 0. The van der Waals surface area contributed by atoms with E-state index in [4.69, 9.17) is 9.47 Å². The van der Waals surface area contributed by atoms with Gasteiger partial charge >= 0.3 is 0 Å². The van der Waals surface area contributed by atoms with Crippen LogP contribution in [0.3, 0.4) is 0 Å². The number of aromatic nitrogens is 1. The number of ether oxygens (including phenoxy) is 2. The van der Waals surface area contributed by atoms with E-state index < -0.39 is 0 Å². The van der Waals surface area contributed by atoms with Crippen LogP contribution in [0, 0.1) is 0 Å². The van der Waals surface area contributed by atoms with Crippen molar-refractivity contribution in [2.24, 2.45) is 0 Å². The minimum Gasteiger partial charge on any atom is -0.489 e. The number of pyridine rings is 1. The third-order valence-electron chi connectivity index (χ3n) is 3.64. The van der Waals surface area contributed by atoms with Gasteiger partial charge in [0.1, 0.15) is 29.5 Å². The first-order valence-corrected chi connectivity index (χ1v) is 8.01. The van der Waals surface area contributed by atoms with Gasteiger partial charge in [0.15, 0.2) is 0 Å². The zero-order valence-corrected chi connectivity index (χ0v) is 13.4. The van der Waals surface area contributed by atoms with Crippen molar-refractivity contribution >= 4 is 11.9 Å². The summed E-state index contributed by atoms with van der Waals surface area (Å²) in [6.07, 6.45) is 8.63. The monoisotopic (exact) mass is 328 g/mol. The van der Waals surface area contributed by atoms with Crippen LogP contribution in [0.2, 0.25) is 0 Å². The Bertz CT molecular complexity index is 905. The predicted molar refractivity (Wildman–Crippen MR) is 95.7 cm³/mol. The Labute approximate surface area is 146 Å². The first-order chi connectivity index (χ1) is 12.4. The summed E-state index contributed by atoms with van der Waals surface area (Å²) in [7, 11) is 0. The third kappa shape index (κ3) is 3.75. The Balaban J connectivity index is 1.46. The summed E-state index contributed by atoms with van der Waals surface area (Å²) in [6.45, 7) is 0. The van der Waals surface area contributed by atoms with Gasteiger partial charge in [0.25, 0.3) is 0 Å². The van der Waals surface area contributed by atoms with E-state index in [0.29, 0.717) is 17.4 Å². The van der Waals surface area contributed by atoms with Crippen LogP contribution in [0.15, 0.2) is 91.3 Å². The second kappa shape index (κ2) is 7.01. The van der Waals surface area contributed by atoms with Gasteiger partial charge in [0, 0.05) is 18.3 Å². The summed E-state index contributed by atoms with van der Waals surface area (Å²) in [5.74, 6) is 1.94. The molecule has 0 saturated heterocycles. The van der Waals surface area contributed by atoms with E-state index in [1.165, 1.54) is 0 Å². The van der Waals surface area contributed by atoms with E-state index in [9.17, 15) is 0 Å². The van der Waals surface area contributed by atoms with Crippen LogP contribution >= 0.6 is 0 Å². The molecule has 0 aliphatic carbocycles. The van der Waals surface area contributed by atoms with Crippen molar-refractivity contribution in [1.29, 1.82) is 0 Å². The highest BCUT2D eigenvalue weighted by atomic mass is 16.5. The molecule has 0 bridgehead atoms. The molecule has 4 rings (SSSR count). The molecule has 0 spiro atoms. The Kier molecular flexibility index (Phi) is 4.25. The maximum absolute atomic E-state index is 5.97. The van der Waals surface area contributed by atoms with Gasteiger partial charge in [-0.3, -0.25) is 0 Å². The largest absolute Gasteiger partial charge is 0.489 e. The Morgan fingerprint density at radius 2 is 1.72 bits per heavy atom. The van der Waals surface area contributed by atoms with Gasteiger partial charge in [0.2, 0.25) is 5.88 Å². The topological polar surface area (TPSA) is 34.4 Å². The van der Waals surface area contributed by atoms with Crippen LogP contribution in [-0.2, 0) is 0 Å². The lowest BCUT2D eigenvalue weighted by molar-refractivity contribution is -0.352. The second-order valence-corrected chi connectivity index (χ2v) is 5.46. The average molecular weight is 328 g/mol. The molecule has 25 heavy (non-hydrogen) atoms. The summed E-state index contributed by atoms with van der Waals surface area (Å²) in [6, 6.07) is 23.1. The smallest absolute Gasteiger partial charge is 0.219 e. The van der Waals surface area contributed by atoms with Crippen molar-refractivity contribution in [3.8, 4) is 17.4 Å². The van der Waals surface area contributed by atoms with Crippen LogP contribution < -0.4 is 9.47 Å². The quantitative estimate of drug-likeness (QED) is 0.513. The molecule has 1 atom stereocenters. The molecule has 2 heterocycles. The highest BCUT2D eigenvalue weighted by molar-refractivity contribution is 5.65. The van der Waals surface area contributed by atoms with Crippen LogP contribution in [0.1, 0.15) is 0 Å². The average Bonchev–Trinajstić information content (AvgIpc) is 3.12. The Hall–Kier alpha value is -3.40. The lowest BCUT2D eigenvalue weighted by Crippen LogP contribution is -2.14. The molecule has 1 aliphatic rings. The van der Waals surface area contributed by atoms with E-state index in [1.807, 2.05) is 89.6 Å². The lowest BCUT2D eigenvalue weighted by Gasteiger charge is -2.11. The van der Waals surface area contributed by atoms with E-state index in [0.717, 1.165) is 5.69 Å². The molecule has 2 aromatic carbocycles. The van der Waals surface area contributed by atoms with Gasteiger partial charge < -0.3 is 14.0 Å². The molecule has 4 heteroatoms. The van der Waals surface area contributed by atoms with Gasteiger partial charge in [-0.15, -0.1) is 0 Å². The van der Waals surface area contributed by atoms with Crippen molar-refractivity contribution in [3.63, 3.8) is 0 Å². The molecule has 1 aromatic heterocycles. The van der Waals surface area contributed by atoms with E-state index in [2.05, 4.69) is 11.2 Å². The molecule has 122 valence electrons. The maximum atomic E-state index is 5.97. The van der Waals surface area contributed by atoms with Crippen LogP contribution in [-0.4, -0.2) is 21.9 Å². The molecular weight excluding hydrogens is 312 g/mol. The zero-order valence-electron chi connectivity index (χ0n) is 13.4. The fourth-order valence-electron chi connectivity index (χ4n) is 2.49. The van der Waals surface area contributed by atoms with Crippen molar-refractivity contribution in [2.75, 3.05) is 0 Å². The van der Waals surface area contributed by atoms with Crippen LogP contribution in [0.5, 0.6) is 17.4 Å². The SMILES string of the molecule is [C-]1=[N+](c2ccccc2)C=CC1Oc1cccc(Oc2ccccn2)c1. The number of para-hydroxylation sites is 1. The van der Waals surface area contributed by atoms with Crippen molar-refractivity contribution in [1.82, 2.24) is 4.98 Å². The van der Waals surface area contributed by atoms with Gasteiger partial charge in [-0.2, -0.15) is 0 Å². The molecule has 1 unspecified atom stereocenters. The zero-order chi connectivity index (χ0) is 16.9. The van der Waals surface area contributed by atoms with Crippen LogP contribution in [0.4, 0.5) is 5.69 Å². The highest BCUT2D eigenvalue weighted by Crippen LogP contribution is 2.25. The molecule has 0 saturated carbocycles. The standard InChI is InChI=1S/C21H16N2O2/c1-2-7-17(8-3-1)23-14-12-20(16-23)24-18-9-6-10-19(15-18)25-21-11-4-5-13-22-21/h1-15,20H. The summed E-state index contributed by atoms with van der Waals surface area (Å²) in [5, 5.41) is 0. The van der Waals surface area contributed by atoms with E-state index in [-0.39, 0.29) is 6.10 Å². The molecule has 0 fully saturated rings. The molecule has 4 nitrogen and oxygen atoms in total. The second-order valence-electron chi connectivity index (χ2n) is 5.46. The van der Waals surface area contributed by atoms with Crippen molar-refractivity contribution in [2.45, 2.75) is 6.10 Å². The lowest BCUT2D eigenvalue weighted by atomic mass is 10.3. The number of benzene rings is 2. The minimum atomic E-state index is -0.245. The van der Waals surface area contributed by atoms with Gasteiger partial charge in [-0.1, -0.05) is 30.3 Å². The maximum Gasteiger partial charge on any atom is 0.219 e. The van der Waals surface area contributed by atoms with E-state index in [1.54, 1.807) is 6.20 Å². The predicted octanol–water partition coefficient (Wildman–Crippen LogP) is 4.44. The van der Waals surface area contributed by atoms with Crippen molar-refractivity contribution in [3.05, 3.63) is 91.3 Å². The van der Waals surface area contributed by atoms with Crippen LogP contribution in [0.25, 0.3) is 0 Å². The first kappa shape index (κ1) is 15.1. The van der Waals surface area contributed by atoms with E-state index >= 15 is 0 Å². The normalized spacial score (nSPS) is 15.7. The number of hydrogen-bond acceptors (Lipinski definition) is 3.